The summed E-state index contributed by atoms with van der Waals surface area (Å²) < 4.78 is 0. The van der Waals surface area contributed by atoms with Crippen molar-refractivity contribution >= 4 is 23.3 Å². The molecule has 0 fully saturated rings. The van der Waals surface area contributed by atoms with Gasteiger partial charge in [0.05, 0.1) is 0 Å². The molecule has 3 nitrogen and oxygen atoms in total. The Morgan fingerprint density at radius 3 is 2.43 bits per heavy atom. The highest BCUT2D eigenvalue weighted by molar-refractivity contribution is 6.30. The number of aliphatic carboxylic acids is 1. The van der Waals surface area contributed by atoms with Gasteiger partial charge in [-0.05, 0) is 49.2 Å². The van der Waals surface area contributed by atoms with Gasteiger partial charge in [-0.2, -0.15) is 0 Å². The second kappa shape index (κ2) is 6.64. The maximum Gasteiger partial charge on any atom is 0.323 e. The van der Waals surface area contributed by atoms with E-state index >= 15 is 0 Å². The zero-order valence-corrected chi connectivity index (χ0v) is 12.9. The first-order valence-corrected chi connectivity index (χ1v) is 7.12. The lowest BCUT2D eigenvalue weighted by atomic mass is 10.0. The predicted molar refractivity (Wildman–Crippen MR) is 86.1 cm³/mol. The molecule has 0 aliphatic heterocycles. The van der Waals surface area contributed by atoms with Crippen molar-refractivity contribution in [3.8, 4) is 0 Å². The van der Waals surface area contributed by atoms with E-state index in [4.69, 9.17) is 16.7 Å². The van der Waals surface area contributed by atoms with Crippen LogP contribution in [-0.2, 0) is 11.3 Å². The molecule has 0 aromatic heterocycles. The Morgan fingerprint density at radius 1 is 1.14 bits per heavy atom. The quantitative estimate of drug-likeness (QED) is 0.906. The molecule has 110 valence electrons. The smallest absolute Gasteiger partial charge is 0.323 e. The van der Waals surface area contributed by atoms with Crippen molar-refractivity contribution < 1.29 is 9.90 Å². The number of carbonyl (C=O) groups is 1. The van der Waals surface area contributed by atoms with Gasteiger partial charge in [0, 0.05) is 17.3 Å². The van der Waals surface area contributed by atoms with E-state index in [-0.39, 0.29) is 6.54 Å². The van der Waals surface area contributed by atoms with Crippen molar-refractivity contribution in [3.63, 3.8) is 0 Å². The molecule has 2 aromatic rings. The second-order valence-electron chi connectivity index (χ2n) is 5.16. The van der Waals surface area contributed by atoms with Crippen LogP contribution in [0.2, 0.25) is 5.02 Å². The van der Waals surface area contributed by atoms with Crippen LogP contribution in [0, 0.1) is 13.8 Å². The number of halogens is 1. The zero-order chi connectivity index (χ0) is 15.4. The van der Waals surface area contributed by atoms with Crippen LogP contribution in [0.1, 0.15) is 16.7 Å². The van der Waals surface area contributed by atoms with Crippen LogP contribution in [0.25, 0.3) is 0 Å². The molecule has 2 aromatic carbocycles. The number of benzene rings is 2. The number of hydrogen-bond acceptors (Lipinski definition) is 2. The van der Waals surface area contributed by atoms with E-state index in [1.54, 1.807) is 12.1 Å². The SMILES string of the molecule is Cc1ccc(C)c(CN(CC(=O)O)c2ccc(Cl)cc2)c1. The lowest BCUT2D eigenvalue weighted by molar-refractivity contribution is -0.135. The van der Waals surface area contributed by atoms with E-state index in [1.165, 1.54) is 5.56 Å². The number of rotatable bonds is 5. The van der Waals surface area contributed by atoms with E-state index in [0.717, 1.165) is 16.8 Å². The molecule has 0 spiro atoms. The maximum absolute atomic E-state index is 11.1. The fourth-order valence-corrected chi connectivity index (χ4v) is 2.36. The van der Waals surface area contributed by atoms with Crippen molar-refractivity contribution in [2.75, 3.05) is 11.4 Å². The van der Waals surface area contributed by atoms with E-state index in [2.05, 4.69) is 18.2 Å². The van der Waals surface area contributed by atoms with Gasteiger partial charge >= 0.3 is 5.97 Å². The van der Waals surface area contributed by atoms with Gasteiger partial charge in [0.2, 0.25) is 0 Å². The summed E-state index contributed by atoms with van der Waals surface area (Å²) in [6, 6.07) is 13.4. The van der Waals surface area contributed by atoms with Crippen LogP contribution in [0.15, 0.2) is 42.5 Å². The number of nitrogens with zero attached hydrogens (tertiary/aromatic N) is 1. The highest BCUT2D eigenvalue weighted by Crippen LogP contribution is 2.21. The molecule has 1 N–H and O–H groups in total. The van der Waals surface area contributed by atoms with Crippen LogP contribution >= 0.6 is 11.6 Å². The van der Waals surface area contributed by atoms with E-state index in [0.29, 0.717) is 11.6 Å². The number of carboxylic acid groups (broad SMARTS) is 1. The summed E-state index contributed by atoms with van der Waals surface area (Å²) in [6.45, 7) is 4.58. The Hall–Kier alpha value is -2.00. The minimum atomic E-state index is -0.852. The third kappa shape index (κ3) is 4.23. The van der Waals surface area contributed by atoms with Gasteiger partial charge in [0.15, 0.2) is 0 Å². The minimum Gasteiger partial charge on any atom is -0.480 e. The summed E-state index contributed by atoms with van der Waals surface area (Å²) in [4.78, 5) is 13.0. The molecule has 2 rings (SSSR count). The Labute approximate surface area is 129 Å². The fraction of sp³-hybridized carbons (Fsp3) is 0.235. The first kappa shape index (κ1) is 15.4. The molecule has 0 saturated carbocycles. The van der Waals surface area contributed by atoms with Crippen LogP contribution < -0.4 is 4.90 Å². The van der Waals surface area contributed by atoms with Gasteiger partial charge < -0.3 is 10.0 Å². The fourth-order valence-electron chi connectivity index (χ4n) is 2.23. The molecule has 0 unspecified atom stereocenters. The van der Waals surface area contributed by atoms with Crippen molar-refractivity contribution in [2.24, 2.45) is 0 Å². The largest absolute Gasteiger partial charge is 0.480 e. The third-order valence-electron chi connectivity index (χ3n) is 3.38. The number of hydrogen-bond donors (Lipinski definition) is 1. The van der Waals surface area contributed by atoms with Crippen LogP contribution in [-0.4, -0.2) is 17.6 Å². The first-order valence-electron chi connectivity index (χ1n) is 6.74. The summed E-state index contributed by atoms with van der Waals surface area (Å²) in [7, 11) is 0. The monoisotopic (exact) mass is 303 g/mol. The number of aryl methyl sites for hydroxylation is 2. The molecule has 0 radical (unpaired) electrons. The normalized spacial score (nSPS) is 10.4. The Kier molecular flexibility index (Phi) is 4.86. The summed E-state index contributed by atoms with van der Waals surface area (Å²) in [6.07, 6.45) is 0. The summed E-state index contributed by atoms with van der Waals surface area (Å²) in [5, 5.41) is 9.77. The Bertz CT molecular complexity index is 638. The molecule has 0 atom stereocenters. The second-order valence-corrected chi connectivity index (χ2v) is 5.59. The molecule has 0 heterocycles. The van der Waals surface area contributed by atoms with Gasteiger partial charge in [0.1, 0.15) is 6.54 Å². The van der Waals surface area contributed by atoms with E-state index in [9.17, 15) is 4.79 Å². The van der Waals surface area contributed by atoms with Crippen molar-refractivity contribution in [2.45, 2.75) is 20.4 Å². The molecule has 0 saturated heterocycles. The Balaban J connectivity index is 2.30. The molecular weight excluding hydrogens is 286 g/mol. The maximum atomic E-state index is 11.1. The first-order chi connectivity index (χ1) is 9.95. The minimum absolute atomic E-state index is 0.0466. The van der Waals surface area contributed by atoms with Crippen molar-refractivity contribution in [3.05, 3.63) is 64.2 Å². The van der Waals surface area contributed by atoms with Crippen molar-refractivity contribution in [1.82, 2.24) is 0 Å². The number of anilines is 1. The number of carboxylic acids is 1. The molecule has 21 heavy (non-hydrogen) atoms. The molecule has 4 heteroatoms. The average Bonchev–Trinajstić information content (AvgIpc) is 2.42. The summed E-state index contributed by atoms with van der Waals surface area (Å²) >= 11 is 5.89. The van der Waals surface area contributed by atoms with Gasteiger partial charge in [-0.3, -0.25) is 4.79 Å². The topological polar surface area (TPSA) is 40.5 Å². The standard InChI is InChI=1S/C17H18ClNO2/c1-12-3-4-13(2)14(9-12)10-19(11-17(20)21)16-7-5-15(18)6-8-16/h3-9H,10-11H2,1-2H3,(H,20,21). The van der Waals surface area contributed by atoms with Crippen molar-refractivity contribution in [1.29, 1.82) is 0 Å². The van der Waals surface area contributed by atoms with E-state index < -0.39 is 5.97 Å². The van der Waals surface area contributed by atoms with E-state index in [1.807, 2.05) is 30.9 Å². The third-order valence-corrected chi connectivity index (χ3v) is 3.64. The molecular formula is C17H18ClNO2. The molecule has 0 amide bonds. The lowest BCUT2D eigenvalue weighted by Crippen LogP contribution is -2.29. The van der Waals surface area contributed by atoms with Gasteiger partial charge in [0.25, 0.3) is 0 Å². The van der Waals surface area contributed by atoms with Crippen LogP contribution in [0.4, 0.5) is 5.69 Å². The van der Waals surface area contributed by atoms with Gasteiger partial charge in [-0.15, -0.1) is 0 Å². The van der Waals surface area contributed by atoms with Crippen LogP contribution in [0.5, 0.6) is 0 Å². The highest BCUT2D eigenvalue weighted by Gasteiger charge is 2.12. The molecule has 0 aliphatic carbocycles. The Morgan fingerprint density at radius 2 is 1.81 bits per heavy atom. The highest BCUT2D eigenvalue weighted by atomic mass is 35.5. The zero-order valence-electron chi connectivity index (χ0n) is 12.1. The lowest BCUT2D eigenvalue weighted by Gasteiger charge is -2.24. The molecule has 0 aliphatic rings. The molecule has 0 bridgehead atoms. The van der Waals surface area contributed by atoms with Gasteiger partial charge in [-0.25, -0.2) is 0 Å². The summed E-state index contributed by atoms with van der Waals surface area (Å²) in [5.74, 6) is -0.852. The average molecular weight is 304 g/mol. The summed E-state index contributed by atoms with van der Waals surface area (Å²) in [5.41, 5.74) is 4.31. The predicted octanol–water partition coefficient (Wildman–Crippen LogP) is 4.05. The van der Waals surface area contributed by atoms with Gasteiger partial charge in [-0.1, -0.05) is 35.4 Å². The van der Waals surface area contributed by atoms with Crippen LogP contribution in [0.3, 0.4) is 0 Å².